The largest absolute Gasteiger partial charge is 0.397 e. The Labute approximate surface area is 109 Å². The van der Waals surface area contributed by atoms with Gasteiger partial charge in [0.2, 0.25) is 0 Å². The van der Waals surface area contributed by atoms with Crippen molar-refractivity contribution in [2.45, 2.75) is 19.3 Å². The Bertz CT molecular complexity index is 564. The van der Waals surface area contributed by atoms with Crippen LogP contribution in [0.15, 0.2) is 34.8 Å². The lowest BCUT2D eigenvalue weighted by atomic mass is 10.1. The molecule has 0 spiro atoms. The highest BCUT2D eigenvalue weighted by molar-refractivity contribution is 9.10. The van der Waals surface area contributed by atoms with E-state index >= 15 is 0 Å². The number of rotatable bonds is 1. The van der Waals surface area contributed by atoms with Crippen LogP contribution in [0.2, 0.25) is 0 Å². The molecule has 0 saturated heterocycles. The summed E-state index contributed by atoms with van der Waals surface area (Å²) in [6.07, 6.45) is 3.27. The molecule has 1 aromatic heterocycles. The fraction of sp³-hybridized carbons (Fsp3) is 0.214. The van der Waals surface area contributed by atoms with Gasteiger partial charge in [0.25, 0.3) is 0 Å². The van der Waals surface area contributed by atoms with Crippen LogP contribution in [0.5, 0.6) is 0 Å². The number of hydrogen-bond donors (Lipinski definition) is 1. The number of nitrogens with zero attached hydrogens (tertiary/aromatic N) is 1. The van der Waals surface area contributed by atoms with Gasteiger partial charge in [-0.2, -0.15) is 0 Å². The first-order valence-electron chi connectivity index (χ1n) is 5.79. The zero-order chi connectivity index (χ0) is 11.8. The van der Waals surface area contributed by atoms with Gasteiger partial charge in [-0.05, 0) is 40.8 Å². The second kappa shape index (κ2) is 4.15. The monoisotopic (exact) mass is 288 g/mol. The lowest BCUT2D eigenvalue weighted by molar-refractivity contribution is 0.900. The number of hydrogen-bond acceptors (Lipinski definition) is 2. The quantitative estimate of drug-likeness (QED) is 0.871. The van der Waals surface area contributed by atoms with Crippen molar-refractivity contribution < 1.29 is 0 Å². The first-order valence-corrected chi connectivity index (χ1v) is 6.59. The van der Waals surface area contributed by atoms with Gasteiger partial charge >= 0.3 is 0 Å². The van der Waals surface area contributed by atoms with Crippen molar-refractivity contribution in [3.05, 3.63) is 46.1 Å². The maximum absolute atomic E-state index is 6.19. The zero-order valence-electron chi connectivity index (χ0n) is 9.41. The fourth-order valence-corrected chi connectivity index (χ4v) is 2.93. The predicted molar refractivity (Wildman–Crippen MR) is 73.8 cm³/mol. The van der Waals surface area contributed by atoms with Crippen molar-refractivity contribution in [2.24, 2.45) is 0 Å². The molecule has 1 aliphatic rings. The van der Waals surface area contributed by atoms with E-state index in [1.54, 1.807) is 0 Å². The Kier molecular flexibility index (Phi) is 2.63. The van der Waals surface area contributed by atoms with Crippen LogP contribution in [0.4, 0.5) is 5.69 Å². The molecule has 2 nitrogen and oxygen atoms in total. The van der Waals surface area contributed by atoms with Gasteiger partial charge in [0.1, 0.15) is 0 Å². The topological polar surface area (TPSA) is 38.9 Å². The van der Waals surface area contributed by atoms with E-state index < -0.39 is 0 Å². The van der Waals surface area contributed by atoms with Gasteiger partial charge in [-0.1, -0.05) is 30.3 Å². The molecule has 0 fully saturated rings. The Hall–Kier alpha value is -1.35. The van der Waals surface area contributed by atoms with E-state index in [4.69, 9.17) is 10.7 Å². The van der Waals surface area contributed by atoms with Crippen LogP contribution in [0.25, 0.3) is 11.3 Å². The molecular formula is C14H13BrN2. The van der Waals surface area contributed by atoms with E-state index in [9.17, 15) is 0 Å². The standard InChI is InChI=1S/C14H13BrN2/c15-12-13(16)10-7-4-8-11(10)17-14(12)9-5-2-1-3-6-9/h1-3,5-6H,4,7-8H2,(H2,16,17). The number of halogens is 1. The Morgan fingerprint density at radius 3 is 2.65 bits per heavy atom. The minimum Gasteiger partial charge on any atom is -0.397 e. The number of benzene rings is 1. The van der Waals surface area contributed by atoms with E-state index in [1.165, 1.54) is 11.3 Å². The summed E-state index contributed by atoms with van der Waals surface area (Å²) in [6.45, 7) is 0. The summed E-state index contributed by atoms with van der Waals surface area (Å²) in [5, 5.41) is 0. The molecule has 2 N–H and O–H groups in total. The van der Waals surface area contributed by atoms with E-state index in [0.29, 0.717) is 0 Å². The van der Waals surface area contributed by atoms with E-state index in [2.05, 4.69) is 28.1 Å². The van der Waals surface area contributed by atoms with Crippen molar-refractivity contribution in [3.8, 4) is 11.3 Å². The maximum Gasteiger partial charge on any atom is 0.0868 e. The first kappa shape index (κ1) is 10.8. The Morgan fingerprint density at radius 1 is 1.12 bits per heavy atom. The van der Waals surface area contributed by atoms with Gasteiger partial charge in [0.05, 0.1) is 15.9 Å². The molecule has 0 saturated carbocycles. The normalized spacial score (nSPS) is 13.7. The summed E-state index contributed by atoms with van der Waals surface area (Å²) in [5.41, 5.74) is 11.5. The van der Waals surface area contributed by atoms with Gasteiger partial charge in [0.15, 0.2) is 0 Å². The highest BCUT2D eigenvalue weighted by Gasteiger charge is 2.20. The number of pyridine rings is 1. The second-order valence-corrected chi connectivity index (χ2v) is 5.13. The van der Waals surface area contributed by atoms with Gasteiger partial charge in [0, 0.05) is 11.3 Å². The molecule has 0 atom stereocenters. The zero-order valence-corrected chi connectivity index (χ0v) is 11.0. The van der Waals surface area contributed by atoms with Crippen LogP contribution in [0, 0.1) is 0 Å². The van der Waals surface area contributed by atoms with Crippen LogP contribution in [-0.2, 0) is 12.8 Å². The van der Waals surface area contributed by atoms with E-state index in [-0.39, 0.29) is 0 Å². The number of nitrogen functional groups attached to an aromatic ring is 1. The smallest absolute Gasteiger partial charge is 0.0868 e. The van der Waals surface area contributed by atoms with Crippen molar-refractivity contribution >= 4 is 21.6 Å². The molecule has 1 aromatic carbocycles. The molecule has 0 radical (unpaired) electrons. The summed E-state index contributed by atoms with van der Waals surface area (Å²) in [5.74, 6) is 0. The first-order chi connectivity index (χ1) is 8.27. The summed E-state index contributed by atoms with van der Waals surface area (Å²) < 4.78 is 0.935. The van der Waals surface area contributed by atoms with Crippen LogP contribution < -0.4 is 5.73 Å². The van der Waals surface area contributed by atoms with Gasteiger partial charge in [-0.25, -0.2) is 0 Å². The molecule has 1 heterocycles. The highest BCUT2D eigenvalue weighted by Crippen LogP contribution is 2.37. The van der Waals surface area contributed by atoms with Crippen molar-refractivity contribution in [1.29, 1.82) is 0 Å². The minimum atomic E-state index is 0.867. The predicted octanol–water partition coefficient (Wildman–Crippen LogP) is 3.58. The van der Waals surface area contributed by atoms with Crippen molar-refractivity contribution in [3.63, 3.8) is 0 Å². The molecule has 0 unspecified atom stereocenters. The lowest BCUT2D eigenvalue weighted by Crippen LogP contribution is -2.00. The summed E-state index contributed by atoms with van der Waals surface area (Å²) in [7, 11) is 0. The third kappa shape index (κ3) is 1.75. The average Bonchev–Trinajstić information content (AvgIpc) is 2.83. The molecule has 0 aliphatic heterocycles. The van der Waals surface area contributed by atoms with E-state index in [1.807, 2.05) is 18.2 Å². The van der Waals surface area contributed by atoms with Crippen LogP contribution in [0.1, 0.15) is 17.7 Å². The summed E-state index contributed by atoms with van der Waals surface area (Å²) >= 11 is 3.58. The van der Waals surface area contributed by atoms with Crippen molar-refractivity contribution in [1.82, 2.24) is 4.98 Å². The number of aromatic nitrogens is 1. The van der Waals surface area contributed by atoms with Gasteiger partial charge in [-0.3, -0.25) is 4.98 Å². The molecule has 3 heteroatoms. The SMILES string of the molecule is Nc1c(Br)c(-c2ccccc2)nc2c1CCC2. The number of fused-ring (bicyclic) bond motifs is 1. The lowest BCUT2D eigenvalue weighted by Gasteiger charge is -2.11. The summed E-state index contributed by atoms with van der Waals surface area (Å²) in [6, 6.07) is 10.2. The minimum absolute atomic E-state index is 0.867. The number of anilines is 1. The number of nitrogens with two attached hydrogens (primary N) is 1. The molecule has 0 bridgehead atoms. The molecule has 0 amide bonds. The van der Waals surface area contributed by atoms with Crippen LogP contribution in [-0.4, -0.2) is 4.98 Å². The summed E-state index contributed by atoms with van der Waals surface area (Å²) in [4.78, 5) is 4.76. The fourth-order valence-electron chi connectivity index (χ4n) is 2.37. The molecular weight excluding hydrogens is 276 g/mol. The average molecular weight is 289 g/mol. The van der Waals surface area contributed by atoms with Crippen LogP contribution >= 0.6 is 15.9 Å². The molecule has 17 heavy (non-hydrogen) atoms. The molecule has 3 rings (SSSR count). The second-order valence-electron chi connectivity index (χ2n) is 4.33. The molecule has 86 valence electrons. The van der Waals surface area contributed by atoms with Gasteiger partial charge in [-0.15, -0.1) is 0 Å². The van der Waals surface area contributed by atoms with Crippen LogP contribution in [0.3, 0.4) is 0 Å². The number of aryl methyl sites for hydroxylation is 1. The van der Waals surface area contributed by atoms with E-state index in [0.717, 1.165) is 40.7 Å². The molecule has 2 aromatic rings. The Balaban J connectivity index is 2.22. The van der Waals surface area contributed by atoms with Crippen molar-refractivity contribution in [2.75, 3.05) is 5.73 Å². The highest BCUT2D eigenvalue weighted by atomic mass is 79.9. The van der Waals surface area contributed by atoms with Gasteiger partial charge < -0.3 is 5.73 Å². The Morgan fingerprint density at radius 2 is 1.88 bits per heavy atom. The third-order valence-electron chi connectivity index (χ3n) is 3.25. The maximum atomic E-state index is 6.19. The third-order valence-corrected chi connectivity index (χ3v) is 4.05. The molecule has 1 aliphatic carbocycles.